The van der Waals surface area contributed by atoms with Crippen LogP contribution in [0.15, 0.2) is 18.3 Å². The summed E-state index contributed by atoms with van der Waals surface area (Å²) in [5.41, 5.74) is 0.856. The van der Waals surface area contributed by atoms with Crippen LogP contribution in [-0.4, -0.2) is 30.2 Å². The molecule has 0 spiro atoms. The van der Waals surface area contributed by atoms with E-state index < -0.39 is 5.97 Å². The van der Waals surface area contributed by atoms with Crippen LogP contribution in [0.4, 0.5) is 5.82 Å². The van der Waals surface area contributed by atoms with Crippen LogP contribution in [0.25, 0.3) is 0 Å². The van der Waals surface area contributed by atoms with E-state index in [1.165, 1.54) is 0 Å². The monoisotopic (exact) mass is 234 g/mol. The minimum atomic E-state index is -0.714. The van der Waals surface area contributed by atoms with Crippen LogP contribution in [0.5, 0.6) is 0 Å². The summed E-state index contributed by atoms with van der Waals surface area (Å²) in [6, 6.07) is 3.85. The van der Waals surface area contributed by atoms with Crippen LogP contribution >= 0.6 is 0 Å². The van der Waals surface area contributed by atoms with Crippen molar-refractivity contribution in [3.8, 4) is 0 Å². The molecule has 1 aromatic rings. The second kappa shape index (κ2) is 3.72. The number of anilines is 1. The maximum absolute atomic E-state index is 11.2. The van der Waals surface area contributed by atoms with Gasteiger partial charge in [-0.15, -0.1) is 0 Å². The fourth-order valence-corrected chi connectivity index (χ4v) is 2.70. The Kier molecular flexibility index (Phi) is 2.60. The summed E-state index contributed by atoms with van der Waals surface area (Å²) >= 11 is 0. The molecule has 0 radical (unpaired) electrons. The third-order valence-corrected chi connectivity index (χ3v) is 3.67. The van der Waals surface area contributed by atoms with Gasteiger partial charge in [0.1, 0.15) is 5.82 Å². The van der Waals surface area contributed by atoms with Gasteiger partial charge in [0, 0.05) is 26.2 Å². The van der Waals surface area contributed by atoms with E-state index in [0.717, 1.165) is 11.4 Å². The van der Waals surface area contributed by atoms with Crippen molar-refractivity contribution in [2.75, 3.05) is 19.0 Å². The highest BCUT2D eigenvalue weighted by Gasteiger charge is 2.63. The molecule has 0 saturated heterocycles. The Morgan fingerprint density at radius 3 is 2.59 bits per heavy atom. The number of hydrogen-bond donors (Lipinski definition) is 1. The minimum Gasteiger partial charge on any atom is -0.481 e. The van der Waals surface area contributed by atoms with E-state index in [4.69, 9.17) is 0 Å². The smallest absolute Gasteiger partial charge is 0.307 e. The molecule has 17 heavy (non-hydrogen) atoms. The molecular formula is C13H18N2O2. The number of hydrogen-bond acceptors (Lipinski definition) is 3. The predicted molar refractivity (Wildman–Crippen MR) is 66.2 cm³/mol. The van der Waals surface area contributed by atoms with Crippen molar-refractivity contribution < 1.29 is 9.90 Å². The van der Waals surface area contributed by atoms with Crippen molar-refractivity contribution in [3.63, 3.8) is 0 Å². The number of aliphatic carboxylic acids is 1. The van der Waals surface area contributed by atoms with Gasteiger partial charge in [-0.25, -0.2) is 4.98 Å². The Morgan fingerprint density at radius 2 is 2.12 bits per heavy atom. The molecule has 2 rings (SSSR count). The first-order chi connectivity index (χ1) is 7.87. The maximum Gasteiger partial charge on any atom is 0.307 e. The molecule has 0 aliphatic heterocycles. The summed E-state index contributed by atoms with van der Waals surface area (Å²) in [5, 5.41) is 9.22. The first kappa shape index (κ1) is 11.9. The molecule has 1 aromatic heterocycles. The SMILES string of the molecule is CN(C)c1ncccc1C1C(C(=O)O)C1(C)C. The van der Waals surface area contributed by atoms with Crippen LogP contribution in [0.3, 0.4) is 0 Å². The van der Waals surface area contributed by atoms with Crippen molar-refractivity contribution in [3.05, 3.63) is 23.9 Å². The lowest BCUT2D eigenvalue weighted by Gasteiger charge is -2.16. The van der Waals surface area contributed by atoms with Crippen molar-refractivity contribution >= 4 is 11.8 Å². The molecule has 1 aliphatic carbocycles. The first-order valence-corrected chi connectivity index (χ1v) is 5.72. The number of pyridine rings is 1. The van der Waals surface area contributed by atoms with Gasteiger partial charge in [-0.2, -0.15) is 0 Å². The largest absolute Gasteiger partial charge is 0.481 e. The Balaban J connectivity index is 2.40. The van der Waals surface area contributed by atoms with Crippen LogP contribution in [0.2, 0.25) is 0 Å². The zero-order valence-electron chi connectivity index (χ0n) is 10.6. The summed E-state index contributed by atoms with van der Waals surface area (Å²) in [6.07, 6.45) is 1.74. The zero-order chi connectivity index (χ0) is 12.8. The van der Waals surface area contributed by atoms with E-state index in [9.17, 15) is 9.90 Å². The van der Waals surface area contributed by atoms with E-state index >= 15 is 0 Å². The summed E-state index contributed by atoms with van der Waals surface area (Å²) in [4.78, 5) is 17.5. The van der Waals surface area contributed by atoms with Gasteiger partial charge in [-0.1, -0.05) is 19.9 Å². The third kappa shape index (κ3) is 1.77. The fraction of sp³-hybridized carbons (Fsp3) is 0.538. The highest BCUT2D eigenvalue weighted by molar-refractivity contribution is 5.78. The average molecular weight is 234 g/mol. The lowest BCUT2D eigenvalue weighted by atomic mass is 10.0. The van der Waals surface area contributed by atoms with E-state index in [1.54, 1.807) is 6.20 Å². The van der Waals surface area contributed by atoms with Gasteiger partial charge in [0.15, 0.2) is 0 Å². The van der Waals surface area contributed by atoms with E-state index in [1.807, 2.05) is 45.0 Å². The van der Waals surface area contributed by atoms with E-state index in [-0.39, 0.29) is 17.3 Å². The number of carboxylic acid groups (broad SMARTS) is 1. The zero-order valence-corrected chi connectivity index (χ0v) is 10.6. The molecule has 0 aromatic carbocycles. The van der Waals surface area contributed by atoms with E-state index in [0.29, 0.717) is 0 Å². The Morgan fingerprint density at radius 1 is 1.47 bits per heavy atom. The molecule has 1 N–H and O–H groups in total. The summed E-state index contributed by atoms with van der Waals surface area (Å²) < 4.78 is 0. The van der Waals surface area contributed by atoms with Gasteiger partial charge in [0.2, 0.25) is 0 Å². The molecule has 1 aliphatic rings. The highest BCUT2D eigenvalue weighted by atomic mass is 16.4. The molecule has 1 saturated carbocycles. The molecule has 2 unspecified atom stereocenters. The quantitative estimate of drug-likeness (QED) is 0.868. The minimum absolute atomic E-state index is 0.0612. The summed E-state index contributed by atoms with van der Waals surface area (Å²) in [5.74, 6) is -0.0839. The first-order valence-electron chi connectivity index (χ1n) is 5.72. The molecule has 0 amide bonds. The normalized spacial score (nSPS) is 25.4. The number of carboxylic acids is 1. The Labute approximate surface area is 101 Å². The molecule has 1 fully saturated rings. The number of nitrogens with zero attached hydrogens (tertiary/aromatic N) is 2. The van der Waals surface area contributed by atoms with Gasteiger partial charge in [0.05, 0.1) is 5.92 Å². The van der Waals surface area contributed by atoms with Crippen molar-refractivity contribution in [2.45, 2.75) is 19.8 Å². The van der Waals surface area contributed by atoms with Gasteiger partial charge in [-0.05, 0) is 17.0 Å². The molecule has 1 heterocycles. The maximum atomic E-state index is 11.2. The van der Waals surface area contributed by atoms with Gasteiger partial charge in [-0.3, -0.25) is 4.79 Å². The van der Waals surface area contributed by atoms with E-state index in [2.05, 4.69) is 4.98 Å². The molecule has 92 valence electrons. The van der Waals surface area contributed by atoms with Crippen molar-refractivity contribution in [1.82, 2.24) is 4.98 Å². The fourth-order valence-electron chi connectivity index (χ4n) is 2.70. The molecule has 0 bridgehead atoms. The van der Waals surface area contributed by atoms with Crippen LogP contribution < -0.4 is 4.90 Å². The second-order valence-corrected chi connectivity index (χ2v) is 5.43. The van der Waals surface area contributed by atoms with Crippen molar-refractivity contribution in [2.24, 2.45) is 11.3 Å². The van der Waals surface area contributed by atoms with Gasteiger partial charge in [0.25, 0.3) is 0 Å². The third-order valence-electron chi connectivity index (χ3n) is 3.67. The van der Waals surface area contributed by atoms with Crippen molar-refractivity contribution in [1.29, 1.82) is 0 Å². The number of rotatable bonds is 3. The lowest BCUT2D eigenvalue weighted by molar-refractivity contribution is -0.139. The van der Waals surface area contributed by atoms with Crippen LogP contribution in [0, 0.1) is 11.3 Å². The topological polar surface area (TPSA) is 53.4 Å². The second-order valence-electron chi connectivity index (χ2n) is 5.43. The number of carbonyl (C=O) groups is 1. The Bertz CT molecular complexity index is 454. The molecule has 4 nitrogen and oxygen atoms in total. The highest BCUT2D eigenvalue weighted by Crippen LogP contribution is 2.65. The standard InChI is InChI=1S/C13H18N2O2/c1-13(2)9(10(13)12(16)17)8-6-5-7-14-11(8)15(3)4/h5-7,9-10H,1-4H3,(H,16,17). The van der Waals surface area contributed by atoms with Crippen LogP contribution in [-0.2, 0) is 4.79 Å². The molecule has 2 atom stereocenters. The summed E-state index contributed by atoms with van der Waals surface area (Å²) in [7, 11) is 3.86. The molecular weight excluding hydrogens is 216 g/mol. The lowest BCUT2D eigenvalue weighted by Crippen LogP contribution is -2.13. The van der Waals surface area contributed by atoms with Gasteiger partial charge < -0.3 is 10.0 Å². The number of aromatic nitrogens is 1. The summed E-state index contributed by atoms with van der Waals surface area (Å²) in [6.45, 7) is 4.01. The molecule has 4 heteroatoms. The predicted octanol–water partition coefficient (Wildman–Crippen LogP) is 1.97. The average Bonchev–Trinajstić information content (AvgIpc) is 2.81. The van der Waals surface area contributed by atoms with Gasteiger partial charge >= 0.3 is 5.97 Å². The Hall–Kier alpha value is -1.58. The van der Waals surface area contributed by atoms with Crippen LogP contribution in [0.1, 0.15) is 25.3 Å².